The topological polar surface area (TPSA) is 27.0 Å². The molecular weight excluding hydrogens is 544 g/mol. The average molecular weight is 581 g/mol. The number of nitrogens with zero attached hydrogens (tertiary/aromatic N) is 2. The van der Waals surface area contributed by atoms with E-state index in [1.54, 1.807) is 6.07 Å². The van der Waals surface area contributed by atoms with Crippen LogP contribution in [-0.2, 0) is 0 Å². The first-order chi connectivity index (χ1) is 22.1. The van der Waals surface area contributed by atoms with Crippen molar-refractivity contribution in [3.63, 3.8) is 0 Å². The molecule has 1 aliphatic rings. The number of hydrogen-bond acceptors (Lipinski definition) is 2. The second-order valence-corrected chi connectivity index (χ2v) is 11.5. The molecule has 7 rings (SSSR count). The summed E-state index contributed by atoms with van der Waals surface area (Å²) in [6.07, 6.45) is 9.09. The highest BCUT2D eigenvalue weighted by Crippen LogP contribution is 2.38. The standard InChI is InChI=1S/C35H29N.C8H7N/c1-26-14-16-29(17-15-26)30-18-21-33(22-19-30)36(35-23-20-28-10-5-6-11-31(28)25-35)34-13-7-12-32(24-34)27-8-3-2-4-9-27;1-7-3-2-4-8(5-7)6-9/h3,5-25H,2,4H2,1H3;2-5H,1H3. The zero-order valence-corrected chi connectivity index (χ0v) is 25.8. The summed E-state index contributed by atoms with van der Waals surface area (Å²) in [6, 6.07) is 51.4. The third kappa shape index (κ3) is 7.12. The van der Waals surface area contributed by atoms with Crippen molar-refractivity contribution in [3.05, 3.63) is 180 Å². The number of allylic oxidation sites excluding steroid dienone is 4. The maximum absolute atomic E-state index is 8.41. The van der Waals surface area contributed by atoms with E-state index in [4.69, 9.17) is 5.26 Å². The lowest BCUT2D eigenvalue weighted by Crippen LogP contribution is -2.10. The monoisotopic (exact) mass is 580 g/mol. The lowest BCUT2D eigenvalue weighted by atomic mass is 9.98. The van der Waals surface area contributed by atoms with Crippen LogP contribution >= 0.6 is 0 Å². The van der Waals surface area contributed by atoms with Gasteiger partial charge in [0.2, 0.25) is 0 Å². The first-order valence-corrected chi connectivity index (χ1v) is 15.5. The first kappa shape index (κ1) is 29.4. The average Bonchev–Trinajstić information content (AvgIpc) is 3.10. The van der Waals surface area contributed by atoms with Crippen molar-refractivity contribution in [3.8, 4) is 17.2 Å². The Bertz CT molecular complexity index is 2020. The molecule has 0 bridgehead atoms. The Hall–Kier alpha value is -5.65. The number of anilines is 3. The summed E-state index contributed by atoms with van der Waals surface area (Å²) in [5.74, 6) is 0. The van der Waals surface area contributed by atoms with Gasteiger partial charge in [0, 0.05) is 17.1 Å². The van der Waals surface area contributed by atoms with E-state index in [9.17, 15) is 0 Å². The Balaban J connectivity index is 0.000000343. The molecule has 6 aromatic rings. The lowest BCUT2D eigenvalue weighted by Gasteiger charge is -2.27. The van der Waals surface area contributed by atoms with E-state index in [-0.39, 0.29) is 0 Å². The molecule has 218 valence electrons. The van der Waals surface area contributed by atoms with E-state index in [1.807, 2.05) is 25.1 Å². The maximum Gasteiger partial charge on any atom is 0.0991 e. The molecule has 2 nitrogen and oxygen atoms in total. The van der Waals surface area contributed by atoms with E-state index < -0.39 is 0 Å². The van der Waals surface area contributed by atoms with Crippen LogP contribution in [0.4, 0.5) is 17.1 Å². The van der Waals surface area contributed by atoms with Crippen molar-refractivity contribution < 1.29 is 0 Å². The second kappa shape index (κ2) is 13.8. The smallest absolute Gasteiger partial charge is 0.0991 e. The SMILES string of the molecule is Cc1ccc(-c2ccc(N(c3cccc(C4=CCCC=C4)c3)c3ccc4ccccc4c3)cc2)cc1.Cc1cccc(C#N)c1. The van der Waals surface area contributed by atoms with Gasteiger partial charge in [-0.2, -0.15) is 5.26 Å². The third-order valence-corrected chi connectivity index (χ3v) is 8.08. The molecule has 1 aliphatic carbocycles. The molecule has 0 spiro atoms. The molecular formula is C43H36N2. The molecule has 0 aromatic heterocycles. The van der Waals surface area contributed by atoms with E-state index >= 15 is 0 Å². The minimum Gasteiger partial charge on any atom is -0.310 e. The van der Waals surface area contributed by atoms with Crippen molar-refractivity contribution in [1.82, 2.24) is 0 Å². The van der Waals surface area contributed by atoms with Crippen molar-refractivity contribution in [2.75, 3.05) is 4.90 Å². The van der Waals surface area contributed by atoms with Crippen molar-refractivity contribution in [1.29, 1.82) is 5.26 Å². The van der Waals surface area contributed by atoms with Crippen LogP contribution < -0.4 is 4.90 Å². The highest BCUT2D eigenvalue weighted by Gasteiger charge is 2.15. The van der Waals surface area contributed by atoms with Crippen LogP contribution in [0, 0.1) is 25.2 Å². The molecule has 0 unspecified atom stereocenters. The highest BCUT2D eigenvalue weighted by molar-refractivity contribution is 5.90. The highest BCUT2D eigenvalue weighted by atomic mass is 15.1. The molecule has 0 amide bonds. The fourth-order valence-corrected chi connectivity index (χ4v) is 5.68. The van der Waals surface area contributed by atoms with Crippen LogP contribution in [-0.4, -0.2) is 0 Å². The van der Waals surface area contributed by atoms with E-state index in [2.05, 4.69) is 151 Å². The van der Waals surface area contributed by atoms with E-state index in [0.29, 0.717) is 0 Å². The fourth-order valence-electron chi connectivity index (χ4n) is 5.68. The van der Waals surface area contributed by atoms with Crippen LogP contribution in [0.2, 0.25) is 0 Å². The molecule has 0 fully saturated rings. The Morgan fingerprint density at radius 1 is 0.533 bits per heavy atom. The molecule has 0 aliphatic heterocycles. The summed E-state index contributed by atoms with van der Waals surface area (Å²) >= 11 is 0. The maximum atomic E-state index is 8.41. The van der Waals surface area contributed by atoms with E-state index in [1.165, 1.54) is 38.6 Å². The van der Waals surface area contributed by atoms with Crippen LogP contribution in [0.3, 0.4) is 0 Å². The van der Waals surface area contributed by atoms with Gasteiger partial charge in [0.1, 0.15) is 0 Å². The van der Waals surface area contributed by atoms with Gasteiger partial charge < -0.3 is 4.90 Å². The molecule has 0 N–H and O–H groups in total. The van der Waals surface area contributed by atoms with Gasteiger partial charge in [-0.1, -0.05) is 115 Å². The minimum atomic E-state index is 0.731. The van der Waals surface area contributed by atoms with Gasteiger partial charge in [-0.15, -0.1) is 0 Å². The number of fused-ring (bicyclic) bond motifs is 1. The Morgan fingerprint density at radius 2 is 1.22 bits per heavy atom. The summed E-state index contributed by atoms with van der Waals surface area (Å²) in [6.45, 7) is 4.10. The van der Waals surface area contributed by atoms with Gasteiger partial charge in [0.25, 0.3) is 0 Å². The van der Waals surface area contributed by atoms with Crippen molar-refractivity contribution in [2.24, 2.45) is 0 Å². The normalized spacial score (nSPS) is 12.1. The van der Waals surface area contributed by atoms with E-state index in [0.717, 1.165) is 41.0 Å². The second-order valence-electron chi connectivity index (χ2n) is 11.5. The summed E-state index contributed by atoms with van der Waals surface area (Å²) in [4.78, 5) is 2.36. The first-order valence-electron chi connectivity index (χ1n) is 15.5. The Labute approximate surface area is 266 Å². The van der Waals surface area contributed by atoms with Gasteiger partial charge in [0.05, 0.1) is 11.6 Å². The molecule has 45 heavy (non-hydrogen) atoms. The van der Waals surface area contributed by atoms with Crippen LogP contribution in [0.15, 0.2) is 158 Å². The molecule has 6 aromatic carbocycles. The number of rotatable bonds is 5. The molecule has 0 radical (unpaired) electrons. The predicted molar refractivity (Wildman–Crippen MR) is 191 cm³/mol. The summed E-state index contributed by atoms with van der Waals surface area (Å²) < 4.78 is 0. The number of nitriles is 1. The summed E-state index contributed by atoms with van der Waals surface area (Å²) in [5.41, 5.74) is 11.6. The Kier molecular flexibility index (Phi) is 9.00. The van der Waals surface area contributed by atoms with Crippen LogP contribution in [0.5, 0.6) is 0 Å². The number of aryl methyl sites for hydroxylation is 2. The van der Waals surface area contributed by atoms with Gasteiger partial charge >= 0.3 is 0 Å². The number of hydrogen-bond donors (Lipinski definition) is 0. The molecule has 0 atom stereocenters. The quantitative estimate of drug-likeness (QED) is 0.203. The zero-order chi connectivity index (χ0) is 31.0. The van der Waals surface area contributed by atoms with Gasteiger partial charge in [-0.3, -0.25) is 0 Å². The van der Waals surface area contributed by atoms with Gasteiger partial charge in [-0.05, 0) is 114 Å². The molecule has 0 heterocycles. The van der Waals surface area contributed by atoms with Gasteiger partial charge in [0.15, 0.2) is 0 Å². The molecule has 0 saturated heterocycles. The van der Waals surface area contributed by atoms with Gasteiger partial charge in [-0.25, -0.2) is 0 Å². The number of benzene rings is 6. The van der Waals surface area contributed by atoms with Crippen molar-refractivity contribution in [2.45, 2.75) is 26.7 Å². The predicted octanol–water partition coefficient (Wildman–Crippen LogP) is 11.9. The largest absolute Gasteiger partial charge is 0.310 e. The van der Waals surface area contributed by atoms with Crippen LogP contribution in [0.1, 0.15) is 35.1 Å². The Morgan fingerprint density at radius 3 is 1.91 bits per heavy atom. The molecule has 0 saturated carbocycles. The van der Waals surface area contributed by atoms with Crippen LogP contribution in [0.25, 0.3) is 27.5 Å². The lowest BCUT2D eigenvalue weighted by molar-refractivity contribution is 1.04. The van der Waals surface area contributed by atoms with Crippen molar-refractivity contribution >= 4 is 33.4 Å². The third-order valence-electron chi connectivity index (χ3n) is 8.08. The fraction of sp³-hybridized carbons (Fsp3) is 0.0930. The molecule has 2 heteroatoms. The summed E-state index contributed by atoms with van der Waals surface area (Å²) in [7, 11) is 0. The zero-order valence-electron chi connectivity index (χ0n) is 25.8. The summed E-state index contributed by atoms with van der Waals surface area (Å²) in [5, 5.41) is 10.9. The minimum absolute atomic E-state index is 0.731.